The summed E-state index contributed by atoms with van der Waals surface area (Å²) >= 11 is 0. The molecule has 2 aliphatic heterocycles. The fraction of sp³-hybridized carbons (Fsp3) is 0.667. The lowest BCUT2D eigenvalue weighted by Gasteiger charge is -2.30. The van der Waals surface area contributed by atoms with Crippen LogP contribution in [0.1, 0.15) is 37.8 Å². The molecule has 9 heteroatoms. The summed E-state index contributed by atoms with van der Waals surface area (Å²) in [7, 11) is -1.34. The van der Waals surface area contributed by atoms with Gasteiger partial charge in [0.25, 0.3) is 0 Å². The van der Waals surface area contributed by atoms with E-state index in [0.717, 1.165) is 48.8 Å². The van der Waals surface area contributed by atoms with Gasteiger partial charge in [-0.15, -0.1) is 0 Å². The Hall–Kier alpha value is -2.00. The minimum absolute atomic E-state index is 0.196. The van der Waals surface area contributed by atoms with Crippen molar-refractivity contribution in [2.75, 3.05) is 39.5 Å². The summed E-state index contributed by atoms with van der Waals surface area (Å²) in [4.78, 5) is 4.32. The zero-order valence-electron chi connectivity index (χ0n) is 18.4. The van der Waals surface area contributed by atoms with E-state index in [4.69, 9.17) is 9.47 Å². The van der Waals surface area contributed by atoms with E-state index in [9.17, 15) is 8.42 Å². The zero-order valence-corrected chi connectivity index (χ0v) is 19.2. The summed E-state index contributed by atoms with van der Waals surface area (Å²) in [5.41, 5.74) is 2.23. The van der Waals surface area contributed by atoms with Gasteiger partial charge in [-0.3, -0.25) is 4.99 Å². The fourth-order valence-electron chi connectivity index (χ4n) is 4.00. The van der Waals surface area contributed by atoms with Crippen molar-refractivity contribution < 1.29 is 17.9 Å². The number of fused-ring (bicyclic) bond motifs is 1. The van der Waals surface area contributed by atoms with Crippen LogP contribution in [0.25, 0.3) is 0 Å². The summed E-state index contributed by atoms with van der Waals surface area (Å²) < 4.78 is 36.6. The van der Waals surface area contributed by atoms with Gasteiger partial charge >= 0.3 is 0 Å². The fourth-order valence-corrected chi connectivity index (χ4v) is 4.87. The third kappa shape index (κ3) is 5.78. The van der Waals surface area contributed by atoms with E-state index < -0.39 is 10.0 Å². The number of hydrogen-bond acceptors (Lipinski definition) is 5. The quantitative estimate of drug-likeness (QED) is 0.498. The van der Waals surface area contributed by atoms with Gasteiger partial charge in [0.1, 0.15) is 17.6 Å². The molecule has 168 valence electrons. The van der Waals surface area contributed by atoms with E-state index in [1.54, 1.807) is 11.4 Å². The molecule has 1 fully saturated rings. The van der Waals surface area contributed by atoms with Crippen molar-refractivity contribution in [2.45, 2.75) is 45.8 Å². The molecule has 0 aromatic heterocycles. The van der Waals surface area contributed by atoms with Crippen molar-refractivity contribution in [2.24, 2.45) is 10.9 Å². The number of rotatable bonds is 7. The Kier molecular flexibility index (Phi) is 7.46. The number of nitrogens with one attached hydrogen (secondary N) is 2. The molecule has 1 atom stereocenters. The van der Waals surface area contributed by atoms with Gasteiger partial charge in [-0.1, -0.05) is 0 Å². The highest BCUT2D eigenvalue weighted by Crippen LogP contribution is 2.35. The second kappa shape index (κ2) is 9.87. The first-order chi connectivity index (χ1) is 14.3. The first kappa shape index (κ1) is 22.7. The van der Waals surface area contributed by atoms with Crippen molar-refractivity contribution in [3.05, 3.63) is 23.3 Å². The second-order valence-electron chi connectivity index (χ2n) is 8.05. The molecule has 2 heterocycles. The average molecular weight is 439 g/mol. The van der Waals surface area contributed by atoms with Crippen LogP contribution in [0.4, 0.5) is 0 Å². The van der Waals surface area contributed by atoms with E-state index in [-0.39, 0.29) is 6.10 Å². The molecule has 3 rings (SSSR count). The van der Waals surface area contributed by atoms with E-state index >= 15 is 0 Å². The van der Waals surface area contributed by atoms with Crippen LogP contribution in [0.15, 0.2) is 17.1 Å². The third-order valence-corrected chi connectivity index (χ3v) is 6.95. The normalized spacial score (nSPS) is 20.5. The van der Waals surface area contributed by atoms with Crippen LogP contribution in [0, 0.1) is 5.92 Å². The molecule has 0 radical (unpaired) electrons. The standard InChI is InChI=1S/C21H34N4O4S/c1-5-28-19-11-17-10-15(2)29-20(17)12-18(19)14-24-21(22-3)23-13-16-6-8-25(9-7-16)30(4,26)27/h11-12,15-16H,5-10,13-14H2,1-4H3,(H2,22,23,24). The number of aliphatic imine (C=N–C) groups is 1. The molecular formula is C21H34N4O4S. The van der Waals surface area contributed by atoms with Gasteiger partial charge in [0.2, 0.25) is 10.0 Å². The number of ether oxygens (including phenoxy) is 2. The third-order valence-electron chi connectivity index (χ3n) is 5.65. The molecule has 2 aliphatic rings. The zero-order chi connectivity index (χ0) is 21.7. The molecule has 0 amide bonds. The monoisotopic (exact) mass is 438 g/mol. The van der Waals surface area contributed by atoms with Crippen LogP contribution < -0.4 is 20.1 Å². The molecule has 30 heavy (non-hydrogen) atoms. The molecule has 0 spiro atoms. The summed E-state index contributed by atoms with van der Waals surface area (Å²) in [5, 5.41) is 6.73. The highest BCUT2D eigenvalue weighted by Gasteiger charge is 2.25. The number of nitrogens with zero attached hydrogens (tertiary/aromatic N) is 2. The van der Waals surface area contributed by atoms with Crippen molar-refractivity contribution in [1.29, 1.82) is 0 Å². The van der Waals surface area contributed by atoms with Crippen molar-refractivity contribution in [3.8, 4) is 11.5 Å². The molecule has 2 N–H and O–H groups in total. The Balaban J connectivity index is 1.53. The number of hydrogen-bond donors (Lipinski definition) is 2. The molecule has 0 saturated carbocycles. The van der Waals surface area contributed by atoms with Gasteiger partial charge in [-0.05, 0) is 44.7 Å². The maximum absolute atomic E-state index is 11.6. The van der Waals surface area contributed by atoms with Gasteiger partial charge < -0.3 is 20.1 Å². The van der Waals surface area contributed by atoms with Gasteiger partial charge in [0.05, 0.1) is 12.9 Å². The van der Waals surface area contributed by atoms with Crippen LogP contribution in [-0.2, 0) is 23.0 Å². The Morgan fingerprint density at radius 1 is 1.30 bits per heavy atom. The Morgan fingerprint density at radius 2 is 2.03 bits per heavy atom. The molecule has 0 bridgehead atoms. The first-order valence-corrected chi connectivity index (χ1v) is 12.5. The average Bonchev–Trinajstić information content (AvgIpc) is 3.06. The second-order valence-corrected chi connectivity index (χ2v) is 10.0. The predicted octanol–water partition coefficient (Wildman–Crippen LogP) is 1.75. The SMILES string of the molecule is CCOc1cc2c(cc1CNC(=NC)NCC1CCN(S(C)(=O)=O)CC1)OC(C)C2. The van der Waals surface area contributed by atoms with E-state index in [1.807, 2.05) is 6.92 Å². The highest BCUT2D eigenvalue weighted by atomic mass is 32.2. The number of guanidine groups is 1. The van der Waals surface area contributed by atoms with Crippen molar-refractivity contribution >= 4 is 16.0 Å². The van der Waals surface area contributed by atoms with Crippen LogP contribution in [-0.4, -0.2) is 64.3 Å². The number of sulfonamides is 1. The van der Waals surface area contributed by atoms with Crippen molar-refractivity contribution in [1.82, 2.24) is 14.9 Å². The largest absolute Gasteiger partial charge is 0.494 e. The Labute approximate surface area is 180 Å². The number of piperidine rings is 1. The summed E-state index contributed by atoms with van der Waals surface area (Å²) in [6.07, 6.45) is 4.09. The summed E-state index contributed by atoms with van der Waals surface area (Å²) in [6.45, 7) is 7.18. The number of benzene rings is 1. The molecular weight excluding hydrogens is 404 g/mol. The van der Waals surface area contributed by atoms with Crippen LogP contribution >= 0.6 is 0 Å². The molecule has 0 aliphatic carbocycles. The van der Waals surface area contributed by atoms with Gasteiger partial charge in [0, 0.05) is 50.8 Å². The maximum atomic E-state index is 11.6. The smallest absolute Gasteiger partial charge is 0.211 e. The predicted molar refractivity (Wildman–Crippen MR) is 119 cm³/mol. The Bertz CT molecular complexity index is 864. The van der Waals surface area contributed by atoms with Gasteiger partial charge in [-0.2, -0.15) is 0 Å². The summed E-state index contributed by atoms with van der Waals surface area (Å²) in [5.74, 6) is 2.96. The molecule has 1 unspecified atom stereocenters. The Morgan fingerprint density at radius 3 is 2.67 bits per heavy atom. The minimum Gasteiger partial charge on any atom is -0.494 e. The first-order valence-electron chi connectivity index (χ1n) is 10.6. The van der Waals surface area contributed by atoms with Crippen LogP contribution in [0.2, 0.25) is 0 Å². The van der Waals surface area contributed by atoms with Gasteiger partial charge in [0.15, 0.2) is 5.96 Å². The van der Waals surface area contributed by atoms with Crippen molar-refractivity contribution in [3.63, 3.8) is 0 Å². The minimum atomic E-state index is -3.09. The lowest BCUT2D eigenvalue weighted by molar-refractivity contribution is 0.254. The van der Waals surface area contributed by atoms with Crippen LogP contribution in [0.5, 0.6) is 11.5 Å². The van der Waals surface area contributed by atoms with E-state index in [0.29, 0.717) is 32.2 Å². The molecule has 1 aromatic rings. The van der Waals surface area contributed by atoms with Gasteiger partial charge in [-0.25, -0.2) is 12.7 Å². The molecule has 1 saturated heterocycles. The molecule has 1 aromatic carbocycles. The topological polar surface area (TPSA) is 92.3 Å². The lowest BCUT2D eigenvalue weighted by Crippen LogP contribution is -2.43. The highest BCUT2D eigenvalue weighted by molar-refractivity contribution is 7.88. The van der Waals surface area contributed by atoms with E-state index in [2.05, 4.69) is 34.7 Å². The molecule has 8 nitrogen and oxygen atoms in total. The summed E-state index contributed by atoms with van der Waals surface area (Å²) in [6, 6.07) is 4.15. The lowest BCUT2D eigenvalue weighted by atomic mass is 9.98. The maximum Gasteiger partial charge on any atom is 0.211 e. The van der Waals surface area contributed by atoms with E-state index in [1.165, 1.54) is 11.8 Å². The van der Waals surface area contributed by atoms with Crippen LogP contribution in [0.3, 0.4) is 0 Å².